The fourth-order valence-electron chi connectivity index (χ4n) is 7.45. The average molecular weight is 576 g/mol. The second-order valence-electron chi connectivity index (χ2n) is 11.7. The van der Waals surface area contributed by atoms with Gasteiger partial charge in [0.05, 0.1) is 5.41 Å². The normalized spacial score (nSPS) is 13.1. The number of furan rings is 1. The van der Waals surface area contributed by atoms with Crippen LogP contribution in [0.15, 0.2) is 180 Å². The Hall–Kier alpha value is -5.86. The van der Waals surface area contributed by atoms with Crippen molar-refractivity contribution in [2.24, 2.45) is 0 Å². The van der Waals surface area contributed by atoms with Crippen LogP contribution in [0.1, 0.15) is 22.3 Å². The molecule has 1 aliphatic carbocycles. The van der Waals surface area contributed by atoms with Crippen LogP contribution < -0.4 is 4.90 Å². The van der Waals surface area contributed by atoms with Crippen LogP contribution in [0.3, 0.4) is 0 Å². The minimum absolute atomic E-state index is 0.461. The van der Waals surface area contributed by atoms with Crippen LogP contribution in [0, 0.1) is 0 Å². The first kappa shape index (κ1) is 25.6. The molecule has 0 saturated heterocycles. The van der Waals surface area contributed by atoms with Crippen LogP contribution >= 0.6 is 0 Å². The van der Waals surface area contributed by atoms with Gasteiger partial charge in [0.1, 0.15) is 11.2 Å². The molecule has 0 fully saturated rings. The number of fused-ring (bicyclic) bond motifs is 6. The lowest BCUT2D eigenvalue weighted by atomic mass is 9.67. The van der Waals surface area contributed by atoms with E-state index in [9.17, 15) is 0 Å². The minimum Gasteiger partial charge on any atom is -0.456 e. The van der Waals surface area contributed by atoms with E-state index < -0.39 is 5.41 Å². The third-order valence-electron chi connectivity index (χ3n) is 9.33. The van der Waals surface area contributed by atoms with Gasteiger partial charge in [-0.15, -0.1) is 0 Å². The van der Waals surface area contributed by atoms with E-state index in [1.165, 1.54) is 33.4 Å². The van der Waals surface area contributed by atoms with E-state index in [4.69, 9.17) is 4.42 Å². The number of hydrogen-bond acceptors (Lipinski definition) is 2. The molecule has 1 heterocycles. The molecule has 9 rings (SSSR count). The molecule has 0 N–H and O–H groups in total. The molecule has 45 heavy (non-hydrogen) atoms. The zero-order valence-electron chi connectivity index (χ0n) is 24.6. The summed E-state index contributed by atoms with van der Waals surface area (Å²) in [4.78, 5) is 2.37. The second kappa shape index (κ2) is 10.1. The van der Waals surface area contributed by atoms with Crippen LogP contribution in [0.2, 0.25) is 0 Å². The number of anilines is 3. The second-order valence-corrected chi connectivity index (χ2v) is 11.7. The third-order valence-corrected chi connectivity index (χ3v) is 9.33. The highest BCUT2D eigenvalue weighted by atomic mass is 16.3. The Morgan fingerprint density at radius 3 is 1.69 bits per heavy atom. The Morgan fingerprint density at radius 1 is 0.378 bits per heavy atom. The lowest BCUT2D eigenvalue weighted by Gasteiger charge is -2.35. The molecule has 1 aliphatic rings. The van der Waals surface area contributed by atoms with Gasteiger partial charge in [0.15, 0.2) is 0 Å². The minimum atomic E-state index is -0.461. The summed E-state index contributed by atoms with van der Waals surface area (Å²) >= 11 is 0. The molecular weight excluding hydrogens is 546 g/mol. The molecular formula is C43H29NO. The van der Waals surface area contributed by atoms with Gasteiger partial charge in [-0.1, -0.05) is 127 Å². The number of hydrogen-bond donors (Lipinski definition) is 0. The first-order valence-corrected chi connectivity index (χ1v) is 15.4. The van der Waals surface area contributed by atoms with Crippen LogP contribution in [0.4, 0.5) is 17.1 Å². The van der Waals surface area contributed by atoms with Gasteiger partial charge in [-0.25, -0.2) is 0 Å². The summed E-state index contributed by atoms with van der Waals surface area (Å²) < 4.78 is 6.20. The average Bonchev–Trinajstić information content (AvgIpc) is 3.63. The maximum Gasteiger partial charge on any atom is 0.135 e. The van der Waals surface area contributed by atoms with Crippen molar-refractivity contribution in [2.45, 2.75) is 5.41 Å². The molecule has 0 atom stereocenters. The first-order chi connectivity index (χ1) is 22.3. The smallest absolute Gasteiger partial charge is 0.135 e. The Morgan fingerprint density at radius 2 is 0.933 bits per heavy atom. The van der Waals surface area contributed by atoms with Crippen molar-refractivity contribution in [2.75, 3.05) is 4.90 Å². The van der Waals surface area contributed by atoms with Crippen LogP contribution in [0.5, 0.6) is 0 Å². The van der Waals surface area contributed by atoms with E-state index >= 15 is 0 Å². The SMILES string of the molecule is c1ccc(N(c2ccc3c(c2)C(c2ccccc2)(c2ccccc2)c2ccccc2-3)c2ccc3oc4ccccc4c3c2)cc1. The van der Waals surface area contributed by atoms with Gasteiger partial charge in [-0.3, -0.25) is 0 Å². The summed E-state index contributed by atoms with van der Waals surface area (Å²) in [6.45, 7) is 0. The molecule has 2 heteroatoms. The maximum atomic E-state index is 6.20. The summed E-state index contributed by atoms with van der Waals surface area (Å²) in [5.74, 6) is 0. The molecule has 212 valence electrons. The van der Waals surface area contributed by atoms with Gasteiger partial charge in [-0.2, -0.15) is 0 Å². The summed E-state index contributed by atoms with van der Waals surface area (Å²) in [7, 11) is 0. The standard InChI is InChI=1S/C43H29NO/c1-4-14-30(15-5-1)43(31-16-6-2-7-17-31)39-22-12-10-20-35(39)36-26-24-34(29-40(36)43)44(32-18-8-3-9-19-32)33-25-27-42-38(28-33)37-21-11-13-23-41(37)45-42/h1-29H. The number of rotatable bonds is 5. The van der Waals surface area contributed by atoms with Crippen molar-refractivity contribution in [1.29, 1.82) is 0 Å². The molecule has 7 aromatic carbocycles. The fourth-order valence-corrected chi connectivity index (χ4v) is 7.45. The largest absolute Gasteiger partial charge is 0.456 e. The predicted octanol–water partition coefficient (Wildman–Crippen LogP) is 11.4. The van der Waals surface area contributed by atoms with Crippen LogP contribution in [-0.4, -0.2) is 0 Å². The summed E-state index contributed by atoms with van der Waals surface area (Å²) in [5, 5.41) is 2.24. The van der Waals surface area contributed by atoms with Gasteiger partial charge in [0.2, 0.25) is 0 Å². The molecule has 0 radical (unpaired) electrons. The molecule has 0 aliphatic heterocycles. The Labute approximate surface area is 262 Å². The Bertz CT molecular complexity index is 2280. The molecule has 8 aromatic rings. The fraction of sp³-hybridized carbons (Fsp3) is 0.0233. The van der Waals surface area contributed by atoms with Gasteiger partial charge >= 0.3 is 0 Å². The van der Waals surface area contributed by atoms with Crippen molar-refractivity contribution in [3.05, 3.63) is 198 Å². The zero-order chi connectivity index (χ0) is 29.8. The van der Waals surface area contributed by atoms with E-state index in [1.807, 2.05) is 12.1 Å². The molecule has 2 nitrogen and oxygen atoms in total. The lowest BCUT2D eigenvalue weighted by molar-refractivity contribution is 0.669. The topological polar surface area (TPSA) is 16.4 Å². The van der Waals surface area contributed by atoms with Crippen molar-refractivity contribution < 1.29 is 4.42 Å². The van der Waals surface area contributed by atoms with Crippen molar-refractivity contribution >= 4 is 39.0 Å². The van der Waals surface area contributed by atoms with Crippen LogP contribution in [-0.2, 0) is 5.41 Å². The molecule has 0 saturated carbocycles. The van der Waals surface area contributed by atoms with Gasteiger partial charge in [0.25, 0.3) is 0 Å². The Balaban J connectivity index is 1.33. The summed E-state index contributed by atoms with van der Waals surface area (Å²) in [6, 6.07) is 63.3. The lowest BCUT2D eigenvalue weighted by Crippen LogP contribution is -2.28. The Kier molecular flexibility index (Phi) is 5.76. The first-order valence-electron chi connectivity index (χ1n) is 15.4. The number of benzene rings is 7. The highest BCUT2D eigenvalue weighted by Crippen LogP contribution is 2.57. The van der Waals surface area contributed by atoms with Crippen molar-refractivity contribution in [1.82, 2.24) is 0 Å². The van der Waals surface area contributed by atoms with E-state index in [0.29, 0.717) is 0 Å². The number of para-hydroxylation sites is 2. The van der Waals surface area contributed by atoms with Gasteiger partial charge in [0, 0.05) is 27.8 Å². The maximum absolute atomic E-state index is 6.20. The van der Waals surface area contributed by atoms with E-state index in [-0.39, 0.29) is 0 Å². The van der Waals surface area contributed by atoms with Gasteiger partial charge < -0.3 is 9.32 Å². The van der Waals surface area contributed by atoms with Gasteiger partial charge in [-0.05, 0) is 81.9 Å². The van der Waals surface area contributed by atoms with Crippen molar-refractivity contribution in [3.63, 3.8) is 0 Å². The monoisotopic (exact) mass is 575 g/mol. The predicted molar refractivity (Wildman–Crippen MR) is 186 cm³/mol. The van der Waals surface area contributed by atoms with E-state index in [2.05, 4.69) is 169 Å². The van der Waals surface area contributed by atoms with E-state index in [0.717, 1.165) is 39.0 Å². The quantitative estimate of drug-likeness (QED) is 0.203. The molecule has 0 unspecified atom stereocenters. The zero-order valence-corrected chi connectivity index (χ0v) is 24.6. The van der Waals surface area contributed by atoms with E-state index in [1.54, 1.807) is 0 Å². The number of nitrogens with zero attached hydrogens (tertiary/aromatic N) is 1. The third kappa shape index (κ3) is 3.82. The van der Waals surface area contributed by atoms with Crippen LogP contribution in [0.25, 0.3) is 33.1 Å². The molecule has 1 aromatic heterocycles. The summed E-state index contributed by atoms with van der Waals surface area (Å²) in [6.07, 6.45) is 0. The highest BCUT2D eigenvalue weighted by molar-refractivity contribution is 6.06. The summed E-state index contributed by atoms with van der Waals surface area (Å²) in [5.41, 5.74) is 12.3. The molecule has 0 spiro atoms. The molecule has 0 bridgehead atoms. The van der Waals surface area contributed by atoms with Crippen molar-refractivity contribution in [3.8, 4) is 11.1 Å². The highest BCUT2D eigenvalue weighted by Gasteiger charge is 2.46. The molecule has 0 amide bonds.